The number of benzene rings is 2. The van der Waals surface area contributed by atoms with Gasteiger partial charge in [0.25, 0.3) is 5.91 Å². The molecule has 0 spiro atoms. The van der Waals surface area contributed by atoms with Gasteiger partial charge in [0.05, 0.1) is 0 Å². The van der Waals surface area contributed by atoms with E-state index in [0.717, 1.165) is 24.3 Å². The number of amides is 1. The van der Waals surface area contributed by atoms with E-state index in [9.17, 15) is 4.79 Å². The number of carbonyl (C=O) groups excluding carboxylic acids is 1. The number of morpholine rings is 1. The number of ether oxygens (including phenoxy) is 1. The molecule has 24 heavy (non-hydrogen) atoms. The van der Waals surface area contributed by atoms with Crippen LogP contribution in [0.15, 0.2) is 54.6 Å². The Bertz CT molecular complexity index is 660. The Balaban J connectivity index is 1.57. The maximum absolute atomic E-state index is 12.3. The van der Waals surface area contributed by atoms with Gasteiger partial charge in [-0.3, -0.25) is 4.79 Å². The van der Waals surface area contributed by atoms with Gasteiger partial charge in [-0.2, -0.15) is 0 Å². The third-order valence-corrected chi connectivity index (χ3v) is 4.30. The van der Waals surface area contributed by atoms with Gasteiger partial charge in [-0.1, -0.05) is 42.5 Å². The lowest BCUT2D eigenvalue weighted by Crippen LogP contribution is -3.16. The van der Waals surface area contributed by atoms with Crippen molar-refractivity contribution in [3.05, 3.63) is 54.6 Å². The summed E-state index contributed by atoms with van der Waals surface area (Å²) in [5.41, 5.74) is 3.17. The van der Waals surface area contributed by atoms with Crippen molar-refractivity contribution in [3.63, 3.8) is 0 Å². The molecule has 2 N–H and O–H groups in total. The lowest BCUT2D eigenvalue weighted by Gasteiger charge is -2.31. The first-order valence-corrected chi connectivity index (χ1v) is 8.54. The number of anilines is 1. The van der Waals surface area contributed by atoms with Gasteiger partial charge in [-0.05, 0) is 37.1 Å². The molecule has 0 aliphatic carbocycles. The van der Waals surface area contributed by atoms with E-state index < -0.39 is 0 Å². The third-order valence-electron chi connectivity index (χ3n) is 4.30. The highest BCUT2D eigenvalue weighted by Crippen LogP contribution is 2.20. The number of quaternary nitrogens is 1. The molecule has 2 atom stereocenters. The zero-order chi connectivity index (χ0) is 16.9. The molecule has 2 aromatic carbocycles. The summed E-state index contributed by atoms with van der Waals surface area (Å²) in [4.78, 5) is 13.6. The topological polar surface area (TPSA) is 42.8 Å². The zero-order valence-corrected chi connectivity index (χ0v) is 14.3. The SMILES string of the molecule is C[C@@H]1C[NH+](CC(=O)Nc2ccc(-c3ccccc3)cc2)C[C@@H](C)O1. The quantitative estimate of drug-likeness (QED) is 0.903. The molecule has 126 valence electrons. The predicted molar refractivity (Wildman–Crippen MR) is 96.1 cm³/mol. The highest BCUT2D eigenvalue weighted by Gasteiger charge is 2.27. The maximum atomic E-state index is 12.3. The molecule has 1 aliphatic heterocycles. The van der Waals surface area contributed by atoms with Crippen molar-refractivity contribution in [2.75, 3.05) is 25.0 Å². The van der Waals surface area contributed by atoms with Crippen LogP contribution in [0, 0.1) is 0 Å². The van der Waals surface area contributed by atoms with Crippen LogP contribution in [-0.4, -0.2) is 37.7 Å². The molecule has 1 saturated heterocycles. The molecule has 1 amide bonds. The summed E-state index contributed by atoms with van der Waals surface area (Å²) >= 11 is 0. The number of nitrogens with one attached hydrogen (secondary N) is 2. The van der Waals surface area contributed by atoms with Crippen molar-refractivity contribution in [2.45, 2.75) is 26.1 Å². The molecule has 0 unspecified atom stereocenters. The second kappa shape index (κ2) is 7.60. The molecule has 0 aromatic heterocycles. The van der Waals surface area contributed by atoms with Crippen molar-refractivity contribution in [2.24, 2.45) is 0 Å². The minimum Gasteiger partial charge on any atom is -0.364 e. The summed E-state index contributed by atoms with van der Waals surface area (Å²) in [5, 5.41) is 3.00. The van der Waals surface area contributed by atoms with Crippen LogP contribution in [-0.2, 0) is 9.53 Å². The Morgan fingerprint density at radius 2 is 1.58 bits per heavy atom. The van der Waals surface area contributed by atoms with Crippen LogP contribution in [0.4, 0.5) is 5.69 Å². The fourth-order valence-electron chi connectivity index (χ4n) is 3.34. The molecule has 0 saturated carbocycles. The molecule has 1 fully saturated rings. The van der Waals surface area contributed by atoms with Crippen molar-refractivity contribution < 1.29 is 14.4 Å². The lowest BCUT2D eigenvalue weighted by atomic mass is 10.1. The van der Waals surface area contributed by atoms with Gasteiger partial charge in [0, 0.05) is 5.69 Å². The smallest absolute Gasteiger partial charge is 0.279 e. The summed E-state index contributed by atoms with van der Waals surface area (Å²) in [6.45, 7) is 6.37. The number of hydrogen-bond acceptors (Lipinski definition) is 2. The van der Waals surface area contributed by atoms with Gasteiger partial charge in [-0.15, -0.1) is 0 Å². The summed E-state index contributed by atoms with van der Waals surface area (Å²) in [6, 6.07) is 18.2. The Morgan fingerprint density at radius 3 is 2.21 bits per heavy atom. The van der Waals surface area contributed by atoms with Crippen LogP contribution in [0.1, 0.15) is 13.8 Å². The Labute approximate surface area is 143 Å². The second-order valence-corrected chi connectivity index (χ2v) is 6.58. The van der Waals surface area contributed by atoms with Crippen LogP contribution < -0.4 is 10.2 Å². The summed E-state index contributed by atoms with van der Waals surface area (Å²) in [6.07, 6.45) is 0.420. The van der Waals surface area contributed by atoms with Crippen molar-refractivity contribution >= 4 is 11.6 Å². The molecule has 0 radical (unpaired) electrons. The molecule has 3 rings (SSSR count). The number of rotatable bonds is 4. The molecular weight excluding hydrogens is 300 g/mol. The first-order chi connectivity index (χ1) is 11.6. The number of hydrogen-bond donors (Lipinski definition) is 2. The van der Waals surface area contributed by atoms with E-state index in [-0.39, 0.29) is 18.1 Å². The Hall–Kier alpha value is -2.17. The molecule has 1 heterocycles. The molecule has 2 aromatic rings. The van der Waals surface area contributed by atoms with E-state index in [4.69, 9.17) is 4.74 Å². The molecular formula is C20H25N2O2+. The number of carbonyl (C=O) groups is 1. The minimum absolute atomic E-state index is 0.0544. The highest BCUT2D eigenvalue weighted by atomic mass is 16.5. The largest absolute Gasteiger partial charge is 0.364 e. The van der Waals surface area contributed by atoms with Crippen molar-refractivity contribution in [3.8, 4) is 11.1 Å². The van der Waals surface area contributed by atoms with E-state index in [2.05, 4.69) is 31.3 Å². The second-order valence-electron chi connectivity index (χ2n) is 6.58. The fraction of sp³-hybridized carbons (Fsp3) is 0.350. The average Bonchev–Trinajstić information content (AvgIpc) is 2.55. The summed E-state index contributed by atoms with van der Waals surface area (Å²) in [7, 11) is 0. The van der Waals surface area contributed by atoms with Gasteiger partial charge in [0.1, 0.15) is 25.3 Å². The fourth-order valence-corrected chi connectivity index (χ4v) is 3.34. The zero-order valence-electron chi connectivity index (χ0n) is 14.3. The van der Waals surface area contributed by atoms with E-state index in [0.29, 0.717) is 6.54 Å². The Kier molecular flexibility index (Phi) is 5.28. The van der Waals surface area contributed by atoms with Crippen LogP contribution >= 0.6 is 0 Å². The van der Waals surface area contributed by atoms with Crippen molar-refractivity contribution in [1.82, 2.24) is 0 Å². The van der Waals surface area contributed by atoms with E-state index in [1.54, 1.807) is 0 Å². The van der Waals surface area contributed by atoms with Gasteiger partial charge in [0.2, 0.25) is 0 Å². The molecule has 4 heteroatoms. The van der Waals surface area contributed by atoms with Crippen LogP contribution in [0.3, 0.4) is 0 Å². The van der Waals surface area contributed by atoms with E-state index in [1.807, 2.05) is 42.5 Å². The van der Waals surface area contributed by atoms with Crippen LogP contribution in [0.25, 0.3) is 11.1 Å². The first kappa shape index (κ1) is 16.7. The van der Waals surface area contributed by atoms with Gasteiger partial charge >= 0.3 is 0 Å². The van der Waals surface area contributed by atoms with Gasteiger partial charge in [-0.25, -0.2) is 0 Å². The minimum atomic E-state index is 0.0544. The molecule has 0 bridgehead atoms. The van der Waals surface area contributed by atoms with Crippen LogP contribution in [0.2, 0.25) is 0 Å². The third kappa shape index (κ3) is 4.43. The monoisotopic (exact) mass is 325 g/mol. The van der Waals surface area contributed by atoms with Gasteiger partial charge in [0.15, 0.2) is 6.54 Å². The Morgan fingerprint density at radius 1 is 1.00 bits per heavy atom. The summed E-state index contributed by atoms with van der Waals surface area (Å²) < 4.78 is 5.72. The average molecular weight is 325 g/mol. The lowest BCUT2D eigenvalue weighted by molar-refractivity contribution is -0.907. The highest BCUT2D eigenvalue weighted by molar-refractivity contribution is 5.91. The first-order valence-electron chi connectivity index (χ1n) is 8.54. The molecule has 4 nitrogen and oxygen atoms in total. The predicted octanol–water partition coefficient (Wildman–Crippen LogP) is 1.98. The standard InChI is InChI=1S/C20H24N2O2/c1-15-12-22(13-16(2)24-15)14-20(23)21-19-10-8-18(9-11-19)17-6-4-3-5-7-17/h3-11,15-16H,12-14H2,1-2H3,(H,21,23)/p+1/t15-,16-/m1/s1. The maximum Gasteiger partial charge on any atom is 0.279 e. The molecule has 1 aliphatic rings. The summed E-state index contributed by atoms with van der Waals surface area (Å²) in [5.74, 6) is 0.0544. The van der Waals surface area contributed by atoms with E-state index in [1.165, 1.54) is 10.5 Å². The normalized spacial score (nSPS) is 23.7. The van der Waals surface area contributed by atoms with E-state index >= 15 is 0 Å². The van der Waals surface area contributed by atoms with Gasteiger partial charge < -0.3 is 15.0 Å². The van der Waals surface area contributed by atoms with Crippen LogP contribution in [0.5, 0.6) is 0 Å². The van der Waals surface area contributed by atoms with Crippen molar-refractivity contribution in [1.29, 1.82) is 0 Å².